The standard InChI is InChI=1S/C16H13ClFN3/c17-9-4-7-13(19)11(8-9)16-20-15-12(18)2-1-3-14(15)21(16)10-5-6-10/h1-4,7-8,10H,5-6,19H2. The molecule has 3 aromatic rings. The Morgan fingerprint density at radius 3 is 2.81 bits per heavy atom. The molecule has 2 aromatic carbocycles. The fourth-order valence-corrected chi connectivity index (χ4v) is 2.87. The van der Waals surface area contributed by atoms with Gasteiger partial charge in [-0.15, -0.1) is 0 Å². The number of benzene rings is 2. The lowest BCUT2D eigenvalue weighted by Crippen LogP contribution is -2.00. The lowest BCUT2D eigenvalue weighted by atomic mass is 10.1. The van der Waals surface area contributed by atoms with E-state index < -0.39 is 0 Å². The summed E-state index contributed by atoms with van der Waals surface area (Å²) in [5, 5.41) is 0.592. The predicted molar refractivity (Wildman–Crippen MR) is 82.8 cm³/mol. The summed E-state index contributed by atoms with van der Waals surface area (Å²) < 4.78 is 16.1. The maximum Gasteiger partial charge on any atom is 0.151 e. The molecule has 21 heavy (non-hydrogen) atoms. The van der Waals surface area contributed by atoms with Gasteiger partial charge in [-0.1, -0.05) is 17.7 Å². The number of aromatic nitrogens is 2. The van der Waals surface area contributed by atoms with Crippen molar-refractivity contribution in [2.45, 2.75) is 18.9 Å². The van der Waals surface area contributed by atoms with E-state index in [4.69, 9.17) is 17.3 Å². The smallest absolute Gasteiger partial charge is 0.151 e. The molecular weight excluding hydrogens is 289 g/mol. The Balaban J connectivity index is 2.06. The number of nitrogens with two attached hydrogens (primary N) is 1. The van der Waals surface area contributed by atoms with Crippen LogP contribution in [0.2, 0.25) is 5.02 Å². The van der Waals surface area contributed by atoms with Gasteiger partial charge in [-0.05, 0) is 43.2 Å². The number of nitrogens with zero attached hydrogens (tertiary/aromatic N) is 2. The number of rotatable bonds is 2. The van der Waals surface area contributed by atoms with E-state index >= 15 is 0 Å². The van der Waals surface area contributed by atoms with Crippen LogP contribution in [0.15, 0.2) is 36.4 Å². The fraction of sp³-hybridized carbons (Fsp3) is 0.188. The zero-order chi connectivity index (χ0) is 14.6. The Kier molecular flexibility index (Phi) is 2.69. The first-order chi connectivity index (χ1) is 10.1. The third kappa shape index (κ3) is 1.98. The molecule has 1 aromatic heterocycles. The summed E-state index contributed by atoms with van der Waals surface area (Å²) in [5.74, 6) is 0.381. The summed E-state index contributed by atoms with van der Waals surface area (Å²) in [6.45, 7) is 0. The summed E-state index contributed by atoms with van der Waals surface area (Å²) in [6.07, 6.45) is 2.16. The molecule has 1 heterocycles. The molecule has 3 nitrogen and oxygen atoms in total. The number of imidazole rings is 1. The predicted octanol–water partition coefficient (Wildman–Crippen LogP) is 4.41. The summed E-state index contributed by atoms with van der Waals surface area (Å²) >= 11 is 6.08. The van der Waals surface area contributed by atoms with Crippen molar-refractivity contribution in [2.75, 3.05) is 5.73 Å². The average molecular weight is 302 g/mol. The minimum atomic E-state index is -0.311. The minimum absolute atomic E-state index is 0.311. The maximum atomic E-state index is 14.0. The first-order valence-electron chi connectivity index (χ1n) is 6.87. The Labute approximate surface area is 126 Å². The van der Waals surface area contributed by atoms with Gasteiger partial charge in [0.25, 0.3) is 0 Å². The molecule has 1 aliphatic carbocycles. The van der Waals surface area contributed by atoms with Gasteiger partial charge in [-0.25, -0.2) is 9.37 Å². The van der Waals surface area contributed by atoms with Gasteiger partial charge in [0, 0.05) is 22.3 Å². The van der Waals surface area contributed by atoms with Crippen molar-refractivity contribution in [3.8, 4) is 11.4 Å². The molecule has 5 heteroatoms. The van der Waals surface area contributed by atoms with Crippen LogP contribution in [0.5, 0.6) is 0 Å². The number of fused-ring (bicyclic) bond motifs is 1. The van der Waals surface area contributed by atoms with E-state index in [1.54, 1.807) is 24.3 Å². The molecule has 0 saturated heterocycles. The second-order valence-corrected chi connectivity index (χ2v) is 5.81. The van der Waals surface area contributed by atoms with Crippen LogP contribution in [0.25, 0.3) is 22.4 Å². The van der Waals surface area contributed by atoms with Gasteiger partial charge in [0.1, 0.15) is 11.3 Å². The van der Waals surface area contributed by atoms with Gasteiger partial charge in [0.15, 0.2) is 5.82 Å². The van der Waals surface area contributed by atoms with E-state index in [0.717, 1.165) is 23.9 Å². The normalized spacial score (nSPS) is 14.8. The van der Waals surface area contributed by atoms with E-state index in [0.29, 0.717) is 28.1 Å². The highest BCUT2D eigenvalue weighted by atomic mass is 35.5. The van der Waals surface area contributed by atoms with Gasteiger partial charge in [0.2, 0.25) is 0 Å². The van der Waals surface area contributed by atoms with Crippen LogP contribution in [0, 0.1) is 5.82 Å². The maximum absolute atomic E-state index is 14.0. The van der Waals surface area contributed by atoms with E-state index in [-0.39, 0.29) is 5.82 Å². The van der Waals surface area contributed by atoms with E-state index in [9.17, 15) is 4.39 Å². The summed E-state index contributed by atoms with van der Waals surface area (Å²) in [5.41, 5.74) is 8.61. The quantitative estimate of drug-likeness (QED) is 0.712. The fourth-order valence-electron chi connectivity index (χ4n) is 2.70. The highest BCUT2D eigenvalue weighted by molar-refractivity contribution is 6.31. The zero-order valence-electron chi connectivity index (χ0n) is 11.2. The molecule has 1 fully saturated rings. The first-order valence-corrected chi connectivity index (χ1v) is 7.25. The second-order valence-electron chi connectivity index (χ2n) is 5.38. The van der Waals surface area contributed by atoms with Gasteiger partial charge < -0.3 is 10.3 Å². The molecule has 1 saturated carbocycles. The molecule has 0 atom stereocenters. The summed E-state index contributed by atoms with van der Waals surface area (Å²) in [4.78, 5) is 4.49. The van der Waals surface area contributed by atoms with Crippen LogP contribution in [-0.4, -0.2) is 9.55 Å². The highest BCUT2D eigenvalue weighted by Crippen LogP contribution is 2.42. The van der Waals surface area contributed by atoms with Crippen molar-refractivity contribution in [2.24, 2.45) is 0 Å². The van der Waals surface area contributed by atoms with E-state index in [1.807, 2.05) is 6.07 Å². The zero-order valence-corrected chi connectivity index (χ0v) is 11.9. The van der Waals surface area contributed by atoms with Crippen molar-refractivity contribution >= 4 is 28.3 Å². The molecule has 0 spiro atoms. The highest BCUT2D eigenvalue weighted by Gasteiger charge is 2.29. The van der Waals surface area contributed by atoms with E-state index in [2.05, 4.69) is 9.55 Å². The molecule has 0 aliphatic heterocycles. The molecule has 0 radical (unpaired) electrons. The number of anilines is 1. The van der Waals surface area contributed by atoms with E-state index in [1.165, 1.54) is 6.07 Å². The third-order valence-corrected chi connectivity index (χ3v) is 4.07. The number of hydrogen-bond donors (Lipinski definition) is 1. The van der Waals surface area contributed by atoms with Crippen molar-refractivity contribution in [3.05, 3.63) is 47.2 Å². The second kappa shape index (κ2) is 4.46. The van der Waals surface area contributed by atoms with Crippen LogP contribution in [0.1, 0.15) is 18.9 Å². The van der Waals surface area contributed by atoms with Crippen molar-refractivity contribution in [3.63, 3.8) is 0 Å². The van der Waals surface area contributed by atoms with Gasteiger partial charge >= 0.3 is 0 Å². The van der Waals surface area contributed by atoms with Gasteiger partial charge in [-0.3, -0.25) is 0 Å². The molecule has 4 rings (SSSR count). The summed E-state index contributed by atoms with van der Waals surface area (Å²) in [6, 6.07) is 10.7. The van der Waals surface area contributed by atoms with Gasteiger partial charge in [-0.2, -0.15) is 0 Å². The molecule has 2 N–H and O–H groups in total. The number of para-hydroxylation sites is 1. The number of nitrogen functional groups attached to an aromatic ring is 1. The summed E-state index contributed by atoms with van der Waals surface area (Å²) in [7, 11) is 0. The lowest BCUT2D eigenvalue weighted by Gasteiger charge is -2.10. The molecule has 0 bridgehead atoms. The van der Waals surface area contributed by atoms with Crippen LogP contribution >= 0.6 is 11.6 Å². The van der Waals surface area contributed by atoms with Crippen LogP contribution in [0.4, 0.5) is 10.1 Å². The van der Waals surface area contributed by atoms with Crippen LogP contribution in [0.3, 0.4) is 0 Å². The van der Waals surface area contributed by atoms with Crippen molar-refractivity contribution in [1.82, 2.24) is 9.55 Å². The van der Waals surface area contributed by atoms with Crippen LogP contribution in [-0.2, 0) is 0 Å². The lowest BCUT2D eigenvalue weighted by molar-refractivity contribution is 0.637. The molecule has 0 amide bonds. The monoisotopic (exact) mass is 301 g/mol. The molecule has 106 valence electrons. The topological polar surface area (TPSA) is 43.8 Å². The van der Waals surface area contributed by atoms with Crippen molar-refractivity contribution in [1.29, 1.82) is 0 Å². The first kappa shape index (κ1) is 12.7. The van der Waals surface area contributed by atoms with Crippen molar-refractivity contribution < 1.29 is 4.39 Å². The molecular formula is C16H13ClFN3. The SMILES string of the molecule is Nc1ccc(Cl)cc1-c1nc2c(F)cccc2n1C1CC1. The Bertz CT molecular complexity index is 852. The Morgan fingerprint density at radius 2 is 2.05 bits per heavy atom. The third-order valence-electron chi connectivity index (χ3n) is 3.84. The Morgan fingerprint density at radius 1 is 1.24 bits per heavy atom. The molecule has 0 unspecified atom stereocenters. The Hall–Kier alpha value is -2.07. The van der Waals surface area contributed by atoms with Crippen LogP contribution < -0.4 is 5.73 Å². The van der Waals surface area contributed by atoms with Gasteiger partial charge in [0.05, 0.1) is 5.52 Å². The number of halogens is 2. The molecule has 1 aliphatic rings. The largest absolute Gasteiger partial charge is 0.398 e. The number of hydrogen-bond acceptors (Lipinski definition) is 2. The minimum Gasteiger partial charge on any atom is -0.398 e. The average Bonchev–Trinajstić information content (AvgIpc) is 3.22.